The highest BCUT2D eigenvalue weighted by atomic mass is 32.1. The van der Waals surface area contributed by atoms with E-state index in [2.05, 4.69) is 29.5 Å². The maximum absolute atomic E-state index is 12.3. The molecule has 1 atom stereocenters. The first-order valence-corrected chi connectivity index (χ1v) is 8.11. The summed E-state index contributed by atoms with van der Waals surface area (Å²) in [5.74, 6) is -0.0600. The van der Waals surface area contributed by atoms with Crippen LogP contribution < -0.4 is 16.4 Å². The largest absolute Gasteiger partial charge is 0.351 e. The van der Waals surface area contributed by atoms with Crippen LogP contribution >= 0.6 is 11.3 Å². The van der Waals surface area contributed by atoms with Gasteiger partial charge in [0.2, 0.25) is 5.91 Å². The number of primary amides is 1. The van der Waals surface area contributed by atoms with E-state index in [0.717, 1.165) is 10.4 Å². The SMILES string of the molecule is CC(C)c1cnc(NC(=O)C(C)c2ccc(NC(N)=O)cc2)s1. The molecule has 0 saturated heterocycles. The summed E-state index contributed by atoms with van der Waals surface area (Å²) in [6.07, 6.45) is 1.79. The minimum atomic E-state index is -0.617. The third-order valence-electron chi connectivity index (χ3n) is 3.39. The molecule has 4 N–H and O–H groups in total. The van der Waals surface area contributed by atoms with Gasteiger partial charge in [0.15, 0.2) is 5.13 Å². The van der Waals surface area contributed by atoms with Crippen molar-refractivity contribution in [1.82, 2.24) is 4.98 Å². The van der Waals surface area contributed by atoms with Crippen molar-refractivity contribution in [2.45, 2.75) is 32.6 Å². The zero-order chi connectivity index (χ0) is 17.0. The van der Waals surface area contributed by atoms with Crippen LogP contribution in [-0.2, 0) is 4.79 Å². The molecule has 1 unspecified atom stereocenters. The zero-order valence-corrected chi connectivity index (χ0v) is 14.1. The molecule has 0 fully saturated rings. The molecule has 0 aliphatic rings. The predicted octanol–water partition coefficient (Wildman–Crippen LogP) is 3.50. The van der Waals surface area contributed by atoms with Crippen molar-refractivity contribution in [3.8, 4) is 0 Å². The lowest BCUT2D eigenvalue weighted by atomic mass is 10.0. The highest BCUT2D eigenvalue weighted by molar-refractivity contribution is 7.15. The van der Waals surface area contributed by atoms with Gasteiger partial charge >= 0.3 is 6.03 Å². The van der Waals surface area contributed by atoms with Gasteiger partial charge in [0.05, 0.1) is 5.92 Å². The predicted molar refractivity (Wildman–Crippen MR) is 92.9 cm³/mol. The Morgan fingerprint density at radius 3 is 2.30 bits per heavy atom. The molecule has 122 valence electrons. The standard InChI is InChI=1S/C16H20N4O2S/c1-9(2)13-8-18-16(23-13)20-14(21)10(3)11-4-6-12(7-5-11)19-15(17)22/h4-10H,1-3H3,(H3,17,19,22)(H,18,20,21). The number of rotatable bonds is 5. The van der Waals surface area contributed by atoms with Crippen molar-refractivity contribution >= 4 is 34.1 Å². The number of aromatic nitrogens is 1. The molecule has 0 spiro atoms. The maximum atomic E-state index is 12.3. The molecule has 0 saturated carbocycles. The molecule has 0 bridgehead atoms. The lowest BCUT2D eigenvalue weighted by molar-refractivity contribution is -0.117. The van der Waals surface area contributed by atoms with Crippen LogP contribution in [0.4, 0.5) is 15.6 Å². The second kappa shape index (κ2) is 7.23. The Kier molecular flexibility index (Phi) is 5.33. The number of hydrogen-bond acceptors (Lipinski definition) is 4. The second-order valence-corrected chi connectivity index (χ2v) is 6.61. The molecule has 1 heterocycles. The Balaban J connectivity index is 2.02. The van der Waals surface area contributed by atoms with Gasteiger partial charge in [-0.05, 0) is 30.5 Å². The lowest BCUT2D eigenvalue weighted by Crippen LogP contribution is -2.20. The van der Waals surface area contributed by atoms with Crippen molar-refractivity contribution in [2.75, 3.05) is 10.6 Å². The van der Waals surface area contributed by atoms with E-state index in [1.807, 2.05) is 6.92 Å². The third-order valence-corrected chi connectivity index (χ3v) is 4.61. The number of nitrogens with two attached hydrogens (primary N) is 1. The number of nitrogens with one attached hydrogen (secondary N) is 2. The average Bonchev–Trinajstić information content (AvgIpc) is 2.95. The summed E-state index contributed by atoms with van der Waals surface area (Å²) in [6.45, 7) is 6.00. The van der Waals surface area contributed by atoms with Crippen LogP contribution in [0.15, 0.2) is 30.5 Å². The van der Waals surface area contributed by atoms with E-state index in [1.54, 1.807) is 30.5 Å². The van der Waals surface area contributed by atoms with Crippen LogP contribution in [0.3, 0.4) is 0 Å². The van der Waals surface area contributed by atoms with E-state index >= 15 is 0 Å². The molecule has 0 radical (unpaired) electrons. The van der Waals surface area contributed by atoms with E-state index < -0.39 is 6.03 Å². The number of carbonyl (C=O) groups excluding carboxylic acids is 2. The molecule has 2 rings (SSSR count). The lowest BCUT2D eigenvalue weighted by Gasteiger charge is -2.12. The van der Waals surface area contributed by atoms with Crippen LogP contribution in [0.1, 0.15) is 43.0 Å². The van der Waals surface area contributed by atoms with E-state index in [1.165, 1.54) is 11.3 Å². The summed E-state index contributed by atoms with van der Waals surface area (Å²) in [4.78, 5) is 28.5. The topological polar surface area (TPSA) is 97.1 Å². The van der Waals surface area contributed by atoms with Crippen LogP contribution in [-0.4, -0.2) is 16.9 Å². The number of thiazole rings is 1. The molecular formula is C16H20N4O2S. The number of carbonyl (C=O) groups is 2. The number of benzene rings is 1. The van der Waals surface area contributed by atoms with Crippen LogP contribution in [0, 0.1) is 0 Å². The molecule has 2 aromatic rings. The monoisotopic (exact) mass is 332 g/mol. The van der Waals surface area contributed by atoms with Gasteiger partial charge in [0.1, 0.15) is 0 Å². The number of urea groups is 1. The Hall–Kier alpha value is -2.41. The average molecular weight is 332 g/mol. The van der Waals surface area contributed by atoms with Gasteiger partial charge in [0, 0.05) is 16.8 Å². The molecular weight excluding hydrogens is 312 g/mol. The normalized spacial score (nSPS) is 12.0. The number of nitrogens with zero attached hydrogens (tertiary/aromatic N) is 1. The fraction of sp³-hybridized carbons (Fsp3) is 0.312. The van der Waals surface area contributed by atoms with Gasteiger partial charge in [-0.3, -0.25) is 4.79 Å². The van der Waals surface area contributed by atoms with E-state index in [9.17, 15) is 9.59 Å². The summed E-state index contributed by atoms with van der Waals surface area (Å²) >= 11 is 1.49. The van der Waals surface area contributed by atoms with E-state index in [4.69, 9.17) is 5.73 Å². The van der Waals surface area contributed by atoms with Gasteiger partial charge in [-0.15, -0.1) is 11.3 Å². The molecule has 0 aliphatic heterocycles. The number of anilines is 2. The minimum Gasteiger partial charge on any atom is -0.351 e. The summed E-state index contributed by atoms with van der Waals surface area (Å²) < 4.78 is 0. The van der Waals surface area contributed by atoms with Gasteiger partial charge in [0.25, 0.3) is 0 Å². The van der Waals surface area contributed by atoms with Gasteiger partial charge < -0.3 is 16.4 Å². The third kappa shape index (κ3) is 4.53. The minimum absolute atomic E-state index is 0.120. The first-order valence-electron chi connectivity index (χ1n) is 7.30. The first-order chi connectivity index (χ1) is 10.9. The first kappa shape index (κ1) is 17.0. The number of hydrogen-bond donors (Lipinski definition) is 3. The van der Waals surface area contributed by atoms with E-state index in [0.29, 0.717) is 16.7 Å². The van der Waals surface area contributed by atoms with Crippen LogP contribution in [0.5, 0.6) is 0 Å². The Morgan fingerprint density at radius 2 is 1.78 bits per heavy atom. The summed E-state index contributed by atoms with van der Waals surface area (Å²) in [5.41, 5.74) is 6.50. The molecule has 1 aromatic carbocycles. The fourth-order valence-electron chi connectivity index (χ4n) is 1.97. The highest BCUT2D eigenvalue weighted by Gasteiger charge is 2.17. The molecule has 0 aliphatic carbocycles. The Morgan fingerprint density at radius 1 is 1.13 bits per heavy atom. The molecule has 3 amide bonds. The van der Waals surface area contributed by atoms with Crippen LogP contribution in [0.2, 0.25) is 0 Å². The van der Waals surface area contributed by atoms with Gasteiger partial charge in [-0.2, -0.15) is 0 Å². The maximum Gasteiger partial charge on any atom is 0.316 e. The fourth-order valence-corrected chi connectivity index (χ4v) is 2.80. The molecule has 23 heavy (non-hydrogen) atoms. The van der Waals surface area contributed by atoms with Crippen molar-refractivity contribution in [2.24, 2.45) is 5.73 Å². The van der Waals surface area contributed by atoms with Crippen molar-refractivity contribution < 1.29 is 9.59 Å². The van der Waals surface area contributed by atoms with Crippen molar-refractivity contribution in [3.63, 3.8) is 0 Å². The second-order valence-electron chi connectivity index (χ2n) is 5.54. The van der Waals surface area contributed by atoms with Gasteiger partial charge in [-0.1, -0.05) is 26.0 Å². The van der Waals surface area contributed by atoms with E-state index in [-0.39, 0.29) is 11.8 Å². The summed E-state index contributed by atoms with van der Waals surface area (Å²) in [6, 6.07) is 6.38. The van der Waals surface area contributed by atoms with Crippen molar-refractivity contribution in [1.29, 1.82) is 0 Å². The van der Waals surface area contributed by atoms with Crippen LogP contribution in [0.25, 0.3) is 0 Å². The number of amides is 3. The quantitative estimate of drug-likeness (QED) is 0.781. The highest BCUT2D eigenvalue weighted by Crippen LogP contribution is 2.26. The summed E-state index contributed by atoms with van der Waals surface area (Å²) in [5, 5.41) is 5.93. The smallest absolute Gasteiger partial charge is 0.316 e. The summed E-state index contributed by atoms with van der Waals surface area (Å²) in [7, 11) is 0. The molecule has 1 aromatic heterocycles. The molecule has 6 nitrogen and oxygen atoms in total. The van der Waals surface area contributed by atoms with Crippen molar-refractivity contribution in [3.05, 3.63) is 40.9 Å². The Bertz CT molecular complexity index is 694. The Labute approximate surface area is 139 Å². The van der Waals surface area contributed by atoms with Gasteiger partial charge in [-0.25, -0.2) is 9.78 Å². The zero-order valence-electron chi connectivity index (χ0n) is 13.3. The molecule has 7 heteroatoms.